The molecule has 0 saturated carbocycles. The van der Waals surface area contributed by atoms with Crippen molar-refractivity contribution < 1.29 is 4.74 Å². The molecule has 0 fully saturated rings. The summed E-state index contributed by atoms with van der Waals surface area (Å²) >= 11 is 0. The van der Waals surface area contributed by atoms with Gasteiger partial charge in [0.2, 0.25) is 0 Å². The van der Waals surface area contributed by atoms with Crippen molar-refractivity contribution in [1.82, 2.24) is 9.78 Å². The number of rotatable bonds is 5. The Morgan fingerprint density at radius 2 is 1.92 bits per heavy atom. The van der Waals surface area contributed by atoms with Gasteiger partial charge < -0.3 is 4.74 Å². The predicted molar refractivity (Wildman–Crippen MR) is 93.5 cm³/mol. The first-order chi connectivity index (χ1) is 11.7. The van der Waals surface area contributed by atoms with E-state index in [-0.39, 0.29) is 6.04 Å². The summed E-state index contributed by atoms with van der Waals surface area (Å²) in [7, 11) is 0. The van der Waals surface area contributed by atoms with E-state index in [0.717, 1.165) is 16.8 Å². The monoisotopic (exact) mass is 317 g/mol. The summed E-state index contributed by atoms with van der Waals surface area (Å²) in [6.45, 7) is 4.63. The average molecular weight is 317 g/mol. The van der Waals surface area contributed by atoms with Gasteiger partial charge in [-0.05, 0) is 43.7 Å². The molecule has 3 rings (SSSR count). The number of nitrogens with zero attached hydrogens (tertiary/aromatic N) is 3. The van der Waals surface area contributed by atoms with Crippen molar-refractivity contribution in [1.29, 1.82) is 5.26 Å². The molecule has 24 heavy (non-hydrogen) atoms. The van der Waals surface area contributed by atoms with E-state index in [0.29, 0.717) is 17.9 Å². The molecule has 4 heteroatoms. The summed E-state index contributed by atoms with van der Waals surface area (Å²) in [4.78, 5) is 0. The van der Waals surface area contributed by atoms with Gasteiger partial charge in [-0.1, -0.05) is 30.3 Å². The van der Waals surface area contributed by atoms with Crippen LogP contribution in [0.5, 0.6) is 5.75 Å². The standard InChI is InChI=1S/C20H19N3O/c1-15(2)23-19(10-11-22-23)18-9-8-17(13-21)12-20(18)24-14-16-6-4-3-5-7-16/h3-12,15H,14H2,1-2H3. The largest absolute Gasteiger partial charge is 0.488 e. The number of ether oxygens (including phenoxy) is 1. The molecule has 0 spiro atoms. The van der Waals surface area contributed by atoms with Crippen molar-refractivity contribution in [2.24, 2.45) is 0 Å². The Morgan fingerprint density at radius 1 is 1.12 bits per heavy atom. The first-order valence-electron chi connectivity index (χ1n) is 7.94. The molecule has 1 aromatic heterocycles. The molecule has 0 unspecified atom stereocenters. The highest BCUT2D eigenvalue weighted by Crippen LogP contribution is 2.32. The van der Waals surface area contributed by atoms with Crippen molar-refractivity contribution in [2.75, 3.05) is 0 Å². The normalized spacial score (nSPS) is 10.6. The third kappa shape index (κ3) is 3.31. The maximum absolute atomic E-state index is 9.19. The lowest BCUT2D eigenvalue weighted by atomic mass is 10.1. The third-order valence-electron chi connectivity index (χ3n) is 3.78. The molecule has 0 aliphatic rings. The van der Waals surface area contributed by atoms with Gasteiger partial charge in [-0.3, -0.25) is 4.68 Å². The lowest BCUT2D eigenvalue weighted by Gasteiger charge is -2.15. The topological polar surface area (TPSA) is 50.8 Å². The second-order valence-corrected chi connectivity index (χ2v) is 5.85. The van der Waals surface area contributed by atoms with Crippen LogP contribution >= 0.6 is 0 Å². The molecular weight excluding hydrogens is 298 g/mol. The van der Waals surface area contributed by atoms with E-state index in [1.165, 1.54) is 0 Å². The third-order valence-corrected chi connectivity index (χ3v) is 3.78. The van der Waals surface area contributed by atoms with Gasteiger partial charge in [0.05, 0.1) is 17.3 Å². The SMILES string of the molecule is CC(C)n1nccc1-c1ccc(C#N)cc1OCc1ccccc1. The molecule has 3 aromatic rings. The molecule has 0 radical (unpaired) electrons. The molecule has 0 N–H and O–H groups in total. The number of benzene rings is 2. The van der Waals surface area contributed by atoms with Crippen molar-refractivity contribution in [3.63, 3.8) is 0 Å². The molecule has 2 aromatic carbocycles. The van der Waals surface area contributed by atoms with Gasteiger partial charge in [0, 0.05) is 17.8 Å². The molecule has 0 atom stereocenters. The molecular formula is C20H19N3O. The van der Waals surface area contributed by atoms with E-state index in [1.54, 1.807) is 12.3 Å². The molecule has 1 heterocycles. The first kappa shape index (κ1) is 15.8. The Bertz CT molecular complexity index is 860. The van der Waals surface area contributed by atoms with Crippen LogP contribution in [0.15, 0.2) is 60.8 Å². The molecule has 4 nitrogen and oxygen atoms in total. The fraction of sp³-hybridized carbons (Fsp3) is 0.200. The maximum Gasteiger partial charge on any atom is 0.130 e. The number of nitriles is 1. The van der Waals surface area contributed by atoms with E-state index in [9.17, 15) is 5.26 Å². The van der Waals surface area contributed by atoms with Crippen LogP contribution in [-0.4, -0.2) is 9.78 Å². The Labute approximate surface area is 141 Å². The van der Waals surface area contributed by atoms with Crippen LogP contribution in [0.2, 0.25) is 0 Å². The summed E-state index contributed by atoms with van der Waals surface area (Å²) in [5.41, 5.74) is 3.59. The van der Waals surface area contributed by atoms with Crippen LogP contribution in [0.3, 0.4) is 0 Å². The van der Waals surface area contributed by atoms with Gasteiger partial charge in [-0.2, -0.15) is 10.4 Å². The smallest absolute Gasteiger partial charge is 0.130 e. The summed E-state index contributed by atoms with van der Waals surface area (Å²) in [5.74, 6) is 0.695. The minimum atomic E-state index is 0.243. The minimum absolute atomic E-state index is 0.243. The van der Waals surface area contributed by atoms with Gasteiger partial charge in [0.15, 0.2) is 0 Å². The van der Waals surface area contributed by atoms with Gasteiger partial charge in [0.1, 0.15) is 12.4 Å². The Balaban J connectivity index is 1.97. The zero-order chi connectivity index (χ0) is 16.9. The van der Waals surface area contributed by atoms with Crippen LogP contribution in [-0.2, 0) is 6.61 Å². The van der Waals surface area contributed by atoms with Gasteiger partial charge in [-0.15, -0.1) is 0 Å². The quantitative estimate of drug-likeness (QED) is 0.692. The second kappa shape index (κ2) is 7.01. The van der Waals surface area contributed by atoms with Crippen molar-refractivity contribution in [3.05, 3.63) is 71.9 Å². The second-order valence-electron chi connectivity index (χ2n) is 5.85. The van der Waals surface area contributed by atoms with E-state index >= 15 is 0 Å². The van der Waals surface area contributed by atoms with Crippen molar-refractivity contribution >= 4 is 0 Å². The van der Waals surface area contributed by atoms with Crippen molar-refractivity contribution in [2.45, 2.75) is 26.5 Å². The van der Waals surface area contributed by atoms with E-state index in [4.69, 9.17) is 4.74 Å². The molecule has 0 saturated heterocycles. The first-order valence-corrected chi connectivity index (χ1v) is 7.94. The summed E-state index contributed by atoms with van der Waals surface area (Å²) in [6.07, 6.45) is 1.79. The van der Waals surface area contributed by atoms with E-state index in [1.807, 2.05) is 53.2 Å². The molecule has 0 amide bonds. The summed E-state index contributed by atoms with van der Waals surface area (Å²) < 4.78 is 7.99. The fourth-order valence-electron chi connectivity index (χ4n) is 2.60. The van der Waals surface area contributed by atoms with Crippen molar-refractivity contribution in [3.8, 4) is 23.1 Å². The average Bonchev–Trinajstić information content (AvgIpc) is 3.10. The Morgan fingerprint density at radius 3 is 2.62 bits per heavy atom. The molecule has 0 bridgehead atoms. The lowest BCUT2D eigenvalue weighted by Crippen LogP contribution is -2.06. The maximum atomic E-state index is 9.19. The lowest BCUT2D eigenvalue weighted by molar-refractivity contribution is 0.307. The van der Waals surface area contributed by atoms with Gasteiger partial charge in [-0.25, -0.2) is 0 Å². The number of hydrogen-bond acceptors (Lipinski definition) is 3. The predicted octanol–water partition coefficient (Wildman–Crippen LogP) is 4.58. The Hall–Kier alpha value is -3.06. The van der Waals surface area contributed by atoms with Crippen LogP contribution in [0.1, 0.15) is 31.0 Å². The van der Waals surface area contributed by atoms with Crippen LogP contribution < -0.4 is 4.74 Å². The number of hydrogen-bond donors (Lipinski definition) is 0. The molecule has 120 valence electrons. The summed E-state index contributed by atoms with van der Waals surface area (Å²) in [6, 6.07) is 19.9. The Kier molecular flexibility index (Phi) is 4.62. The summed E-state index contributed by atoms with van der Waals surface area (Å²) in [5, 5.41) is 13.6. The molecule has 0 aliphatic heterocycles. The van der Waals surface area contributed by atoms with Gasteiger partial charge in [0.25, 0.3) is 0 Å². The van der Waals surface area contributed by atoms with Crippen LogP contribution in [0.4, 0.5) is 0 Å². The van der Waals surface area contributed by atoms with Gasteiger partial charge >= 0.3 is 0 Å². The zero-order valence-corrected chi connectivity index (χ0v) is 13.8. The van der Waals surface area contributed by atoms with Crippen LogP contribution in [0.25, 0.3) is 11.3 Å². The van der Waals surface area contributed by atoms with E-state index < -0.39 is 0 Å². The van der Waals surface area contributed by atoms with E-state index in [2.05, 4.69) is 25.0 Å². The highest BCUT2D eigenvalue weighted by atomic mass is 16.5. The minimum Gasteiger partial charge on any atom is -0.488 e. The highest BCUT2D eigenvalue weighted by molar-refractivity contribution is 5.69. The fourth-order valence-corrected chi connectivity index (χ4v) is 2.60. The number of aromatic nitrogens is 2. The zero-order valence-electron chi connectivity index (χ0n) is 13.8. The highest BCUT2D eigenvalue weighted by Gasteiger charge is 2.14. The van der Waals surface area contributed by atoms with Crippen LogP contribution in [0, 0.1) is 11.3 Å². The molecule has 0 aliphatic carbocycles.